The first-order chi connectivity index (χ1) is 13.1. The minimum Gasteiger partial charge on any atom is -0.455 e. The minimum atomic E-state index is -1.23. The largest absolute Gasteiger partial charge is 0.455 e. The van der Waals surface area contributed by atoms with Gasteiger partial charge < -0.3 is 37.9 Å². The summed E-state index contributed by atoms with van der Waals surface area (Å²) in [5, 5.41) is 0. The number of methoxy groups -OCH3 is 1. The fraction of sp³-hybridized carbons (Fsp3) is 0.842. The van der Waals surface area contributed by atoms with Gasteiger partial charge in [-0.25, -0.2) is 0 Å². The standard InChI is InChI=1S/C19H28O9/c1-10(20)23-12-7-8-13(21-6)26-19(12)14(11-9-22-17(2,3)25-11)24-16-15(19)27-18(4,5)28-16/h7-8,11-16H,9H2,1-6H3/t11-,12+,13+,14+,15-,16+,19+/m0/s1. The van der Waals surface area contributed by atoms with Crippen LogP contribution in [-0.2, 0) is 42.7 Å². The van der Waals surface area contributed by atoms with Gasteiger partial charge in [-0.3, -0.25) is 4.79 Å². The smallest absolute Gasteiger partial charge is 0.303 e. The molecule has 0 aromatic heterocycles. The first-order valence-corrected chi connectivity index (χ1v) is 9.45. The molecule has 0 aliphatic carbocycles. The highest BCUT2D eigenvalue weighted by atomic mass is 16.9. The summed E-state index contributed by atoms with van der Waals surface area (Å²) in [6, 6.07) is 0. The molecule has 4 rings (SSSR count). The van der Waals surface area contributed by atoms with Gasteiger partial charge in [-0.1, -0.05) is 0 Å². The first kappa shape index (κ1) is 20.2. The summed E-state index contributed by atoms with van der Waals surface area (Å²) in [5.74, 6) is -2.10. The summed E-state index contributed by atoms with van der Waals surface area (Å²) < 4.78 is 47.5. The number of esters is 1. The van der Waals surface area contributed by atoms with Crippen molar-refractivity contribution in [2.75, 3.05) is 13.7 Å². The van der Waals surface area contributed by atoms with Crippen LogP contribution in [0.4, 0.5) is 0 Å². The van der Waals surface area contributed by atoms with E-state index in [1.165, 1.54) is 14.0 Å². The van der Waals surface area contributed by atoms with Crippen LogP contribution >= 0.6 is 0 Å². The zero-order valence-electron chi connectivity index (χ0n) is 17.0. The number of carbonyl (C=O) groups excluding carboxylic acids is 1. The Bertz CT molecular complexity index is 660. The average Bonchev–Trinajstić information content (AvgIpc) is 3.19. The van der Waals surface area contributed by atoms with Crippen molar-refractivity contribution in [3.05, 3.63) is 12.2 Å². The van der Waals surface area contributed by atoms with Gasteiger partial charge in [0.15, 0.2) is 35.9 Å². The Morgan fingerprint density at radius 3 is 2.36 bits per heavy atom. The maximum atomic E-state index is 11.8. The third-order valence-electron chi connectivity index (χ3n) is 5.33. The summed E-state index contributed by atoms with van der Waals surface area (Å²) in [6.45, 7) is 8.88. The normalized spacial score (nSPS) is 46.1. The molecule has 0 aromatic carbocycles. The van der Waals surface area contributed by atoms with E-state index in [1.54, 1.807) is 26.0 Å². The fourth-order valence-corrected chi connectivity index (χ4v) is 4.33. The summed E-state index contributed by atoms with van der Waals surface area (Å²) in [7, 11) is 1.53. The second-order valence-corrected chi connectivity index (χ2v) is 8.34. The van der Waals surface area contributed by atoms with Crippen LogP contribution in [0.15, 0.2) is 12.2 Å². The summed E-state index contributed by atoms with van der Waals surface area (Å²) >= 11 is 0. The van der Waals surface area contributed by atoms with Crippen molar-refractivity contribution in [3.63, 3.8) is 0 Å². The van der Waals surface area contributed by atoms with Gasteiger partial charge in [-0.05, 0) is 39.8 Å². The molecule has 3 fully saturated rings. The molecule has 0 N–H and O–H groups in total. The van der Waals surface area contributed by atoms with E-state index in [0.717, 1.165) is 0 Å². The summed E-state index contributed by atoms with van der Waals surface area (Å²) in [4.78, 5) is 11.8. The minimum absolute atomic E-state index is 0.291. The summed E-state index contributed by atoms with van der Waals surface area (Å²) in [6.07, 6.45) is -0.528. The number of rotatable bonds is 3. The van der Waals surface area contributed by atoms with Crippen LogP contribution in [0, 0.1) is 0 Å². The Labute approximate surface area is 164 Å². The molecule has 158 valence electrons. The van der Waals surface area contributed by atoms with Crippen LogP contribution < -0.4 is 0 Å². The van der Waals surface area contributed by atoms with E-state index in [-0.39, 0.29) is 0 Å². The fourth-order valence-electron chi connectivity index (χ4n) is 4.33. The van der Waals surface area contributed by atoms with Crippen LogP contribution in [-0.4, -0.2) is 73.9 Å². The highest BCUT2D eigenvalue weighted by Crippen LogP contribution is 2.51. The Balaban J connectivity index is 1.76. The van der Waals surface area contributed by atoms with E-state index in [9.17, 15) is 4.79 Å². The third kappa shape index (κ3) is 3.28. The monoisotopic (exact) mass is 400 g/mol. The molecule has 0 radical (unpaired) electrons. The average molecular weight is 400 g/mol. The van der Waals surface area contributed by atoms with Crippen LogP contribution in [0.1, 0.15) is 34.6 Å². The molecule has 7 atom stereocenters. The topological polar surface area (TPSA) is 90.9 Å². The zero-order chi connectivity index (χ0) is 20.3. The van der Waals surface area contributed by atoms with Gasteiger partial charge in [-0.2, -0.15) is 0 Å². The lowest BCUT2D eigenvalue weighted by Crippen LogP contribution is -2.65. The van der Waals surface area contributed by atoms with Crippen LogP contribution in [0.25, 0.3) is 0 Å². The Morgan fingerprint density at radius 1 is 1.00 bits per heavy atom. The Kier molecular flexibility index (Phi) is 4.86. The van der Waals surface area contributed by atoms with Crippen molar-refractivity contribution in [1.29, 1.82) is 0 Å². The second-order valence-electron chi connectivity index (χ2n) is 8.34. The maximum absolute atomic E-state index is 11.8. The molecule has 0 saturated carbocycles. The van der Waals surface area contributed by atoms with Crippen LogP contribution in [0.3, 0.4) is 0 Å². The molecule has 0 amide bonds. The van der Waals surface area contributed by atoms with Gasteiger partial charge in [0.2, 0.25) is 0 Å². The molecule has 9 heteroatoms. The number of hydrogen-bond acceptors (Lipinski definition) is 9. The molecule has 0 unspecified atom stereocenters. The summed E-state index contributed by atoms with van der Waals surface area (Å²) in [5.41, 5.74) is -1.23. The van der Waals surface area contributed by atoms with E-state index in [4.69, 9.17) is 37.9 Å². The SMILES string of the molecule is CO[C@H]1C=C[C@@H](OC(C)=O)[C@@]2(O1)[C@@H]([C@@H]1COC(C)(C)O1)O[C@@H]1OC(C)(C)O[C@@H]12. The van der Waals surface area contributed by atoms with Crippen molar-refractivity contribution < 1.29 is 42.7 Å². The molecular weight excluding hydrogens is 372 g/mol. The predicted molar refractivity (Wildman–Crippen MR) is 92.9 cm³/mol. The van der Waals surface area contributed by atoms with Crippen molar-refractivity contribution in [2.45, 2.75) is 88.8 Å². The molecular formula is C19H28O9. The molecule has 4 aliphatic rings. The van der Waals surface area contributed by atoms with E-state index >= 15 is 0 Å². The molecule has 28 heavy (non-hydrogen) atoms. The van der Waals surface area contributed by atoms with Crippen molar-refractivity contribution in [3.8, 4) is 0 Å². The van der Waals surface area contributed by atoms with Gasteiger partial charge in [-0.15, -0.1) is 0 Å². The molecule has 9 nitrogen and oxygen atoms in total. The third-order valence-corrected chi connectivity index (χ3v) is 5.33. The van der Waals surface area contributed by atoms with E-state index in [2.05, 4.69) is 0 Å². The van der Waals surface area contributed by atoms with E-state index in [0.29, 0.717) is 6.61 Å². The predicted octanol–water partition coefficient (Wildman–Crippen LogP) is 1.24. The number of hydrogen-bond donors (Lipinski definition) is 0. The van der Waals surface area contributed by atoms with Gasteiger partial charge in [0.05, 0.1) is 6.61 Å². The number of carbonyl (C=O) groups is 1. The van der Waals surface area contributed by atoms with Gasteiger partial charge in [0, 0.05) is 14.0 Å². The molecule has 1 spiro atoms. The Morgan fingerprint density at radius 2 is 1.75 bits per heavy atom. The van der Waals surface area contributed by atoms with Gasteiger partial charge in [0.25, 0.3) is 0 Å². The number of ether oxygens (including phenoxy) is 8. The quantitative estimate of drug-likeness (QED) is 0.513. The molecule has 4 heterocycles. The van der Waals surface area contributed by atoms with Crippen molar-refractivity contribution in [1.82, 2.24) is 0 Å². The molecule has 4 aliphatic heterocycles. The maximum Gasteiger partial charge on any atom is 0.303 e. The second kappa shape index (κ2) is 6.73. The van der Waals surface area contributed by atoms with Gasteiger partial charge >= 0.3 is 5.97 Å². The van der Waals surface area contributed by atoms with E-state index in [1.807, 2.05) is 13.8 Å². The van der Waals surface area contributed by atoms with E-state index < -0.39 is 60.1 Å². The Hall–Kier alpha value is -1.07. The molecule has 0 bridgehead atoms. The van der Waals surface area contributed by atoms with Crippen molar-refractivity contribution in [2.24, 2.45) is 0 Å². The molecule has 3 saturated heterocycles. The van der Waals surface area contributed by atoms with Crippen LogP contribution in [0.2, 0.25) is 0 Å². The number of fused-ring (bicyclic) bond motifs is 2. The molecule has 0 aromatic rings. The highest BCUT2D eigenvalue weighted by molar-refractivity contribution is 5.66. The van der Waals surface area contributed by atoms with Crippen molar-refractivity contribution >= 4 is 5.97 Å². The zero-order valence-corrected chi connectivity index (χ0v) is 17.0. The lowest BCUT2D eigenvalue weighted by Gasteiger charge is -2.46. The lowest BCUT2D eigenvalue weighted by atomic mass is 9.81. The van der Waals surface area contributed by atoms with Gasteiger partial charge in [0.1, 0.15) is 18.3 Å². The van der Waals surface area contributed by atoms with Crippen LogP contribution in [0.5, 0.6) is 0 Å². The highest BCUT2D eigenvalue weighted by Gasteiger charge is 2.72. The first-order valence-electron chi connectivity index (χ1n) is 9.45. The lowest BCUT2D eigenvalue weighted by molar-refractivity contribution is -0.298.